The number of ether oxygens (including phenoxy) is 2. The predicted molar refractivity (Wildman–Crippen MR) is 113 cm³/mol. The molecule has 0 saturated carbocycles. The van der Waals surface area contributed by atoms with Crippen LogP contribution in [0.15, 0.2) is 54.6 Å². The van der Waals surface area contributed by atoms with Crippen LogP contribution in [-0.4, -0.2) is 23.2 Å². The van der Waals surface area contributed by atoms with Crippen molar-refractivity contribution < 1.29 is 9.47 Å². The fourth-order valence-electron chi connectivity index (χ4n) is 2.67. The number of hydrogen-bond donors (Lipinski definition) is 2. The van der Waals surface area contributed by atoms with Crippen LogP contribution in [0.1, 0.15) is 25.1 Å². The van der Waals surface area contributed by atoms with Crippen LogP contribution in [0.25, 0.3) is 0 Å². The molecule has 2 N–H and O–H groups in total. The van der Waals surface area contributed by atoms with Gasteiger partial charge in [-0.15, -0.1) is 0 Å². The first-order valence-corrected chi connectivity index (χ1v) is 9.28. The zero-order valence-corrected chi connectivity index (χ0v) is 16.7. The average molecular weight is 378 g/mol. The lowest BCUT2D eigenvalue weighted by Crippen LogP contribution is -2.06. The van der Waals surface area contributed by atoms with Crippen LogP contribution in [0.5, 0.6) is 11.5 Å². The van der Waals surface area contributed by atoms with Crippen LogP contribution in [0.4, 0.5) is 17.5 Å². The molecule has 0 saturated heterocycles. The molecule has 0 atom stereocenters. The molecule has 3 rings (SSSR count). The van der Waals surface area contributed by atoms with Gasteiger partial charge >= 0.3 is 0 Å². The monoisotopic (exact) mass is 378 g/mol. The highest BCUT2D eigenvalue weighted by atomic mass is 16.5. The fourth-order valence-corrected chi connectivity index (χ4v) is 2.67. The van der Waals surface area contributed by atoms with Gasteiger partial charge in [-0.05, 0) is 62.7 Å². The molecule has 1 aromatic heterocycles. The Kier molecular flexibility index (Phi) is 6.32. The minimum Gasteiger partial charge on any atom is -0.497 e. The second kappa shape index (κ2) is 9.08. The van der Waals surface area contributed by atoms with Crippen LogP contribution < -0.4 is 20.1 Å². The van der Waals surface area contributed by atoms with E-state index in [2.05, 4.69) is 20.6 Å². The number of anilines is 3. The van der Waals surface area contributed by atoms with Crippen LogP contribution in [-0.2, 0) is 6.54 Å². The molecule has 0 radical (unpaired) electrons. The van der Waals surface area contributed by atoms with Crippen molar-refractivity contribution in [3.63, 3.8) is 0 Å². The summed E-state index contributed by atoms with van der Waals surface area (Å²) in [5, 5.41) is 6.59. The van der Waals surface area contributed by atoms with E-state index in [-0.39, 0.29) is 6.10 Å². The molecule has 146 valence electrons. The van der Waals surface area contributed by atoms with Crippen molar-refractivity contribution in [3.8, 4) is 11.5 Å². The quantitative estimate of drug-likeness (QED) is 0.579. The van der Waals surface area contributed by atoms with E-state index in [1.165, 1.54) is 0 Å². The maximum Gasteiger partial charge on any atom is 0.229 e. The first-order chi connectivity index (χ1) is 13.5. The largest absolute Gasteiger partial charge is 0.497 e. The number of methoxy groups -OCH3 is 1. The normalized spacial score (nSPS) is 10.6. The Morgan fingerprint density at radius 3 is 2.25 bits per heavy atom. The number of nitrogens with zero attached hydrogens (tertiary/aromatic N) is 2. The van der Waals surface area contributed by atoms with E-state index >= 15 is 0 Å². The Morgan fingerprint density at radius 2 is 1.61 bits per heavy atom. The summed E-state index contributed by atoms with van der Waals surface area (Å²) in [6.07, 6.45) is 0.151. The smallest absolute Gasteiger partial charge is 0.229 e. The van der Waals surface area contributed by atoms with Gasteiger partial charge in [-0.25, -0.2) is 4.98 Å². The highest BCUT2D eigenvalue weighted by Crippen LogP contribution is 2.20. The second-order valence-corrected chi connectivity index (χ2v) is 6.74. The molecule has 0 unspecified atom stereocenters. The molecule has 0 amide bonds. The third-order valence-electron chi connectivity index (χ3n) is 3.97. The standard InChI is InChI=1S/C22H26N4O2/c1-15(2)28-20-11-7-18(8-12-20)25-22-24-16(3)13-21(26-22)23-14-17-5-9-19(27-4)10-6-17/h5-13,15H,14H2,1-4H3,(H2,23,24,25,26). The summed E-state index contributed by atoms with van der Waals surface area (Å²) in [4.78, 5) is 9.03. The highest BCUT2D eigenvalue weighted by molar-refractivity contribution is 5.56. The van der Waals surface area contributed by atoms with E-state index in [0.717, 1.165) is 34.3 Å². The molecule has 6 nitrogen and oxygen atoms in total. The Hall–Kier alpha value is -3.28. The van der Waals surface area contributed by atoms with Crippen LogP contribution in [0.2, 0.25) is 0 Å². The van der Waals surface area contributed by atoms with Crippen molar-refractivity contribution in [2.75, 3.05) is 17.7 Å². The molecule has 0 aliphatic rings. The van der Waals surface area contributed by atoms with Crippen molar-refractivity contribution in [2.24, 2.45) is 0 Å². The molecular formula is C22H26N4O2. The Morgan fingerprint density at radius 1 is 0.929 bits per heavy atom. The zero-order chi connectivity index (χ0) is 19.9. The molecule has 2 aromatic carbocycles. The van der Waals surface area contributed by atoms with Crippen molar-refractivity contribution in [2.45, 2.75) is 33.4 Å². The molecule has 28 heavy (non-hydrogen) atoms. The second-order valence-electron chi connectivity index (χ2n) is 6.74. The van der Waals surface area contributed by atoms with Gasteiger partial charge in [0.15, 0.2) is 0 Å². The number of nitrogens with one attached hydrogen (secondary N) is 2. The molecule has 0 spiro atoms. The Bertz CT molecular complexity index is 893. The molecule has 0 aliphatic carbocycles. The van der Waals surface area contributed by atoms with Crippen LogP contribution in [0.3, 0.4) is 0 Å². The summed E-state index contributed by atoms with van der Waals surface area (Å²) >= 11 is 0. The van der Waals surface area contributed by atoms with Gasteiger partial charge in [0.25, 0.3) is 0 Å². The van der Waals surface area contributed by atoms with Gasteiger partial charge in [0, 0.05) is 24.0 Å². The maximum atomic E-state index is 5.67. The van der Waals surface area contributed by atoms with Gasteiger partial charge < -0.3 is 20.1 Å². The summed E-state index contributed by atoms with van der Waals surface area (Å²) in [7, 11) is 1.66. The fraction of sp³-hybridized carbons (Fsp3) is 0.273. The Labute approximate surface area is 166 Å². The van der Waals surface area contributed by atoms with Gasteiger partial charge in [-0.1, -0.05) is 12.1 Å². The van der Waals surface area contributed by atoms with Gasteiger partial charge in [0.05, 0.1) is 13.2 Å². The topological polar surface area (TPSA) is 68.3 Å². The summed E-state index contributed by atoms with van der Waals surface area (Å²) in [6.45, 7) is 6.63. The minimum atomic E-state index is 0.151. The lowest BCUT2D eigenvalue weighted by Gasteiger charge is -2.12. The first-order valence-electron chi connectivity index (χ1n) is 9.28. The van der Waals surface area contributed by atoms with E-state index in [9.17, 15) is 0 Å². The molecular weight excluding hydrogens is 352 g/mol. The van der Waals surface area contributed by atoms with E-state index in [1.807, 2.05) is 75.4 Å². The van der Waals surface area contributed by atoms with E-state index < -0.39 is 0 Å². The maximum absolute atomic E-state index is 5.67. The Balaban J connectivity index is 1.65. The summed E-state index contributed by atoms with van der Waals surface area (Å²) < 4.78 is 10.9. The molecule has 6 heteroatoms. The van der Waals surface area contributed by atoms with Crippen molar-refractivity contribution in [1.82, 2.24) is 9.97 Å². The highest BCUT2D eigenvalue weighted by Gasteiger charge is 2.04. The van der Waals surface area contributed by atoms with Crippen molar-refractivity contribution >= 4 is 17.5 Å². The average Bonchev–Trinajstić information content (AvgIpc) is 2.67. The van der Waals surface area contributed by atoms with Gasteiger partial charge in [-0.2, -0.15) is 4.98 Å². The van der Waals surface area contributed by atoms with Crippen LogP contribution >= 0.6 is 0 Å². The summed E-state index contributed by atoms with van der Waals surface area (Å²) in [5.41, 5.74) is 2.93. The molecule has 0 fully saturated rings. The lowest BCUT2D eigenvalue weighted by molar-refractivity contribution is 0.242. The van der Waals surface area contributed by atoms with Gasteiger partial charge in [-0.3, -0.25) is 0 Å². The molecule has 0 aliphatic heterocycles. The van der Waals surface area contributed by atoms with Crippen molar-refractivity contribution in [3.05, 3.63) is 65.9 Å². The first kappa shape index (κ1) is 19.5. The predicted octanol–water partition coefficient (Wildman–Crippen LogP) is 4.94. The van der Waals surface area contributed by atoms with Gasteiger partial charge in [0.2, 0.25) is 5.95 Å². The number of hydrogen-bond acceptors (Lipinski definition) is 6. The molecule has 3 aromatic rings. The third-order valence-corrected chi connectivity index (χ3v) is 3.97. The zero-order valence-electron chi connectivity index (χ0n) is 16.7. The number of aryl methyl sites for hydroxylation is 1. The lowest BCUT2D eigenvalue weighted by atomic mass is 10.2. The molecule has 0 bridgehead atoms. The SMILES string of the molecule is COc1ccc(CNc2cc(C)nc(Nc3ccc(OC(C)C)cc3)n2)cc1. The number of rotatable bonds is 8. The van der Waals surface area contributed by atoms with E-state index in [1.54, 1.807) is 7.11 Å². The van der Waals surface area contributed by atoms with Crippen molar-refractivity contribution in [1.29, 1.82) is 0 Å². The summed E-state index contributed by atoms with van der Waals surface area (Å²) in [6, 6.07) is 17.6. The van der Waals surface area contributed by atoms with E-state index in [0.29, 0.717) is 12.5 Å². The van der Waals surface area contributed by atoms with Gasteiger partial charge in [0.1, 0.15) is 17.3 Å². The minimum absolute atomic E-state index is 0.151. The van der Waals surface area contributed by atoms with E-state index in [4.69, 9.17) is 9.47 Å². The summed E-state index contributed by atoms with van der Waals surface area (Å²) in [5.74, 6) is 3.01. The number of aromatic nitrogens is 2. The number of benzene rings is 2. The third kappa shape index (κ3) is 5.61. The molecule has 1 heterocycles. The van der Waals surface area contributed by atoms with Crippen LogP contribution in [0, 0.1) is 6.92 Å².